The zero-order valence-electron chi connectivity index (χ0n) is 29.5. The minimum absolute atomic E-state index is 0.0388. The highest BCUT2D eigenvalue weighted by Crippen LogP contribution is 2.42. The van der Waals surface area contributed by atoms with Crippen LogP contribution >= 0.6 is 11.8 Å². The summed E-state index contributed by atoms with van der Waals surface area (Å²) in [5, 5.41) is 17.0. The number of allylic oxidation sites excluding steroid dienone is 2. The molecular weight excluding hydrogens is 690 g/mol. The molecule has 52 heavy (non-hydrogen) atoms. The molecule has 0 aliphatic carbocycles. The van der Waals surface area contributed by atoms with Crippen LogP contribution in [-0.4, -0.2) is 60.4 Å². The first kappa shape index (κ1) is 40.7. The van der Waals surface area contributed by atoms with Crippen LogP contribution in [0.4, 0.5) is 5.69 Å². The summed E-state index contributed by atoms with van der Waals surface area (Å²) in [5.41, 5.74) is 3.09. The second-order valence-electron chi connectivity index (χ2n) is 11.5. The summed E-state index contributed by atoms with van der Waals surface area (Å²) in [7, 11) is 2.42. The van der Waals surface area contributed by atoms with Crippen LogP contribution in [-0.2, 0) is 51.2 Å². The summed E-state index contributed by atoms with van der Waals surface area (Å²) < 4.78 is 14.8. The standard InChI is InChI=1S/C21H23NO4S.C17H18N2O6/c1-16(23)27-15-19(12-17-8-4-2-5-9-17)21(25)22-13-20(24)26-14-18-10-6-3-7-11-18;1-9-13(16(20)24-3)15(14(10(2)18-9)17(21)25-4)11-7-5-6-8-12(11)19(22)23/h2-11,19H,12-15H2,1H3,(H,22,25);5-8,15,18H,1-4H3/t19-;/m1./s1. The largest absolute Gasteiger partial charge is 0.466 e. The van der Waals surface area contributed by atoms with E-state index in [1.165, 1.54) is 39.3 Å². The summed E-state index contributed by atoms with van der Waals surface area (Å²) in [4.78, 5) is 71.2. The van der Waals surface area contributed by atoms with E-state index in [1.54, 1.807) is 19.9 Å². The Labute approximate surface area is 305 Å². The van der Waals surface area contributed by atoms with E-state index in [0.717, 1.165) is 22.9 Å². The number of hydrogen-bond acceptors (Lipinski definition) is 12. The van der Waals surface area contributed by atoms with E-state index in [2.05, 4.69) is 10.6 Å². The molecule has 0 saturated carbocycles. The van der Waals surface area contributed by atoms with Gasteiger partial charge in [-0.2, -0.15) is 0 Å². The Morgan fingerprint density at radius 3 is 1.87 bits per heavy atom. The predicted octanol–water partition coefficient (Wildman–Crippen LogP) is 5.16. The number of carbonyl (C=O) groups is 5. The van der Waals surface area contributed by atoms with Gasteiger partial charge in [0.2, 0.25) is 5.91 Å². The fourth-order valence-electron chi connectivity index (χ4n) is 5.40. The number of hydrogen-bond donors (Lipinski definition) is 2. The molecule has 0 aromatic heterocycles. The van der Waals surface area contributed by atoms with Gasteiger partial charge >= 0.3 is 17.9 Å². The fraction of sp³-hybridized carbons (Fsp3) is 0.289. The smallest absolute Gasteiger partial charge is 0.336 e. The number of thioether (sulfide) groups is 1. The number of para-hydroxylation sites is 1. The molecule has 3 aromatic rings. The van der Waals surface area contributed by atoms with Gasteiger partial charge in [-0.05, 0) is 31.4 Å². The lowest BCUT2D eigenvalue weighted by Gasteiger charge is -2.29. The Bertz CT molecular complexity index is 1790. The van der Waals surface area contributed by atoms with Gasteiger partial charge in [-0.25, -0.2) is 9.59 Å². The molecule has 4 rings (SSSR count). The van der Waals surface area contributed by atoms with Crippen LogP contribution in [0.15, 0.2) is 107 Å². The van der Waals surface area contributed by atoms with E-state index in [0.29, 0.717) is 23.6 Å². The molecule has 0 fully saturated rings. The second kappa shape index (κ2) is 20.2. The lowest BCUT2D eigenvalue weighted by atomic mass is 9.79. The second-order valence-corrected chi connectivity index (χ2v) is 12.7. The molecule has 13 nitrogen and oxygen atoms in total. The number of carbonyl (C=O) groups excluding carboxylic acids is 5. The molecular formula is C38H41N3O10S. The molecule has 0 spiro atoms. The normalized spacial score (nSPS) is 13.1. The zero-order valence-corrected chi connectivity index (χ0v) is 30.3. The maximum atomic E-state index is 12.5. The maximum Gasteiger partial charge on any atom is 0.336 e. The number of amides is 1. The third kappa shape index (κ3) is 11.7. The Kier molecular flexibility index (Phi) is 15.8. The lowest BCUT2D eigenvalue weighted by Crippen LogP contribution is -2.37. The van der Waals surface area contributed by atoms with E-state index >= 15 is 0 Å². The van der Waals surface area contributed by atoms with Crippen molar-refractivity contribution in [2.24, 2.45) is 5.92 Å². The first-order valence-corrected chi connectivity index (χ1v) is 17.1. The highest BCUT2D eigenvalue weighted by molar-refractivity contribution is 8.13. The number of dihydropyridines is 1. The zero-order chi connectivity index (χ0) is 38.2. The molecule has 274 valence electrons. The van der Waals surface area contributed by atoms with Crippen molar-refractivity contribution in [3.63, 3.8) is 0 Å². The van der Waals surface area contributed by atoms with E-state index in [1.807, 2.05) is 60.7 Å². The van der Waals surface area contributed by atoms with Crippen molar-refractivity contribution in [1.29, 1.82) is 0 Å². The molecule has 0 radical (unpaired) electrons. The van der Waals surface area contributed by atoms with E-state index in [4.69, 9.17) is 14.2 Å². The Hall–Kier alpha value is -5.76. The fourth-order valence-corrected chi connectivity index (χ4v) is 6.11. The number of nitrogens with zero attached hydrogens (tertiary/aromatic N) is 1. The van der Waals surface area contributed by atoms with Crippen LogP contribution in [0, 0.1) is 16.0 Å². The Morgan fingerprint density at radius 2 is 1.35 bits per heavy atom. The monoisotopic (exact) mass is 731 g/mol. The molecule has 3 aromatic carbocycles. The Balaban J connectivity index is 0.000000281. The molecule has 1 aliphatic rings. The minimum Gasteiger partial charge on any atom is -0.466 e. The summed E-state index contributed by atoms with van der Waals surface area (Å²) in [5.74, 6) is -3.11. The molecule has 1 aliphatic heterocycles. The predicted molar refractivity (Wildman–Crippen MR) is 194 cm³/mol. The summed E-state index contributed by atoms with van der Waals surface area (Å²) in [6.45, 7) is 4.74. The third-order valence-corrected chi connectivity index (χ3v) is 8.82. The van der Waals surface area contributed by atoms with Crippen molar-refractivity contribution < 1.29 is 43.1 Å². The van der Waals surface area contributed by atoms with Crippen molar-refractivity contribution in [3.8, 4) is 0 Å². The maximum absolute atomic E-state index is 12.5. The number of nitro groups is 1. The van der Waals surface area contributed by atoms with Crippen LogP contribution in [0.3, 0.4) is 0 Å². The number of benzene rings is 3. The quantitative estimate of drug-likeness (QED) is 0.102. The molecule has 1 heterocycles. The van der Waals surface area contributed by atoms with Crippen LogP contribution in [0.25, 0.3) is 0 Å². The van der Waals surface area contributed by atoms with Gasteiger partial charge in [-0.1, -0.05) is 90.6 Å². The molecule has 1 amide bonds. The van der Waals surface area contributed by atoms with Crippen molar-refractivity contribution in [2.45, 2.75) is 39.7 Å². The van der Waals surface area contributed by atoms with Gasteiger partial charge in [0, 0.05) is 35.7 Å². The highest BCUT2D eigenvalue weighted by Gasteiger charge is 2.40. The minimum atomic E-state index is -0.970. The van der Waals surface area contributed by atoms with Crippen molar-refractivity contribution in [1.82, 2.24) is 10.6 Å². The first-order valence-electron chi connectivity index (χ1n) is 16.1. The summed E-state index contributed by atoms with van der Waals surface area (Å²) >= 11 is 1.11. The molecule has 0 saturated heterocycles. The van der Waals surface area contributed by atoms with Crippen LogP contribution < -0.4 is 10.6 Å². The van der Waals surface area contributed by atoms with Crippen LogP contribution in [0.5, 0.6) is 0 Å². The van der Waals surface area contributed by atoms with Gasteiger partial charge in [-0.15, -0.1) is 0 Å². The summed E-state index contributed by atoms with van der Waals surface area (Å²) in [6.07, 6.45) is 0.506. The van der Waals surface area contributed by atoms with E-state index in [9.17, 15) is 34.1 Å². The SMILES string of the molecule is CC(=O)SC[C@@H](Cc1ccccc1)C(=O)NCC(=O)OCc1ccccc1.COC(=O)C1=C(C)NC(C)=C(C(=O)OC)C1c1ccccc1[N+](=O)[O-]. The van der Waals surface area contributed by atoms with E-state index < -0.39 is 34.7 Å². The average Bonchev–Trinajstić information content (AvgIpc) is 3.14. The van der Waals surface area contributed by atoms with Crippen molar-refractivity contribution in [2.75, 3.05) is 26.5 Å². The van der Waals surface area contributed by atoms with Gasteiger partial charge < -0.3 is 24.8 Å². The van der Waals surface area contributed by atoms with Crippen LogP contribution in [0.1, 0.15) is 43.4 Å². The summed E-state index contributed by atoms with van der Waals surface area (Å²) in [6, 6.07) is 24.9. The average molecular weight is 732 g/mol. The van der Waals surface area contributed by atoms with Crippen LogP contribution in [0.2, 0.25) is 0 Å². The molecule has 0 unspecified atom stereocenters. The molecule has 14 heteroatoms. The number of nitrogens with one attached hydrogen (secondary N) is 2. The Morgan fingerprint density at radius 1 is 0.827 bits per heavy atom. The van der Waals surface area contributed by atoms with Crippen molar-refractivity contribution in [3.05, 3.63) is 134 Å². The van der Waals surface area contributed by atoms with Gasteiger partial charge in [0.05, 0.1) is 42.1 Å². The highest BCUT2D eigenvalue weighted by atomic mass is 32.2. The van der Waals surface area contributed by atoms with Gasteiger partial charge in [0.1, 0.15) is 13.2 Å². The molecule has 1 atom stereocenters. The molecule has 2 N–H and O–H groups in total. The first-order chi connectivity index (χ1) is 24.9. The van der Waals surface area contributed by atoms with Gasteiger partial charge in [0.25, 0.3) is 5.69 Å². The van der Waals surface area contributed by atoms with Gasteiger partial charge in [-0.3, -0.25) is 24.5 Å². The topological polar surface area (TPSA) is 180 Å². The number of nitro benzene ring substituents is 1. The third-order valence-electron chi connectivity index (χ3n) is 7.85. The van der Waals surface area contributed by atoms with Gasteiger partial charge in [0.15, 0.2) is 5.12 Å². The van der Waals surface area contributed by atoms with Crippen molar-refractivity contribution >= 4 is 46.4 Å². The number of methoxy groups -OCH3 is 2. The lowest BCUT2D eigenvalue weighted by molar-refractivity contribution is -0.385. The molecule has 0 bridgehead atoms. The number of rotatable bonds is 13. The number of esters is 3. The number of ether oxygens (including phenoxy) is 3. The van der Waals surface area contributed by atoms with E-state index in [-0.39, 0.29) is 46.6 Å².